The van der Waals surface area contributed by atoms with Gasteiger partial charge in [0.05, 0.1) is 30.4 Å². The molecular weight excluding hydrogens is 786 g/mol. The van der Waals surface area contributed by atoms with Gasteiger partial charge in [0.1, 0.15) is 46.4 Å². The van der Waals surface area contributed by atoms with E-state index in [0.717, 1.165) is 11.1 Å². The van der Waals surface area contributed by atoms with Gasteiger partial charge < -0.3 is 24.3 Å². The number of carbonyl (C=O) groups excluding carboxylic acids is 4. The number of carbonyl (C=O) groups is 4. The molecule has 0 aliphatic carbocycles. The van der Waals surface area contributed by atoms with E-state index in [1.165, 1.54) is 76.2 Å². The molecule has 0 saturated carbocycles. The summed E-state index contributed by atoms with van der Waals surface area (Å²) < 4.78 is 46.4. The van der Waals surface area contributed by atoms with Gasteiger partial charge in [0.25, 0.3) is 0 Å². The molecule has 61 heavy (non-hydrogen) atoms. The van der Waals surface area contributed by atoms with Gasteiger partial charge in [-0.05, 0) is 72.5 Å². The van der Waals surface area contributed by atoms with Crippen LogP contribution in [0.15, 0.2) is 84.9 Å². The Kier molecular flexibility index (Phi) is 13.9. The standard InChI is InChI=1S/C24H26FN3O3.C23H23F2N3O2/c1-5-24(14-16-9-11-18(25)12-10-16)23(30)27(2)20(22(29)28(24)3)13-19-17(15-26)7-6-8-21(19)31-4;1-4-23(13-15-8-10-17(24)11-9-15)22(30)27(2)20(21(29)28(23)3)12-18-16(14-26)6-5-7-19(18)25/h6-12,20H,5,13-14H2,1-4H3;5-11,20H,4,12-13H2,1-3H3. The number of likely N-dealkylation sites (N-methyl/N-ethyl adjacent to an activating group) is 4. The van der Waals surface area contributed by atoms with Crippen molar-refractivity contribution in [1.82, 2.24) is 19.6 Å². The SMILES string of the molecule is CCC1(Cc2ccc(F)cc2)C(=O)N(C)C(Cc2c(C#N)cccc2OC)C(=O)N1C.CCC1(Cc2ccc(F)cc2)C(=O)N(C)C(Cc2c(F)cccc2C#N)C(=O)N1C. The highest BCUT2D eigenvalue weighted by molar-refractivity contribution is 6.01. The fourth-order valence-electron chi connectivity index (χ4n) is 8.50. The van der Waals surface area contributed by atoms with Crippen LogP contribution in [0.2, 0.25) is 0 Å². The topological polar surface area (TPSA) is 138 Å². The third-order valence-electron chi connectivity index (χ3n) is 12.4. The van der Waals surface area contributed by atoms with Crippen molar-refractivity contribution in [3.63, 3.8) is 0 Å². The zero-order valence-electron chi connectivity index (χ0n) is 35.3. The Hall–Kier alpha value is -6.67. The number of rotatable bonds is 11. The first-order chi connectivity index (χ1) is 29.0. The van der Waals surface area contributed by atoms with Gasteiger partial charge in [-0.2, -0.15) is 10.5 Å². The number of piperazine rings is 2. The van der Waals surface area contributed by atoms with Gasteiger partial charge in [-0.15, -0.1) is 0 Å². The van der Waals surface area contributed by atoms with Crippen LogP contribution < -0.4 is 4.74 Å². The molecule has 2 fully saturated rings. The third-order valence-corrected chi connectivity index (χ3v) is 12.4. The molecule has 0 radical (unpaired) electrons. The highest BCUT2D eigenvalue weighted by Gasteiger charge is 2.54. The molecule has 4 aromatic rings. The molecule has 0 bridgehead atoms. The van der Waals surface area contributed by atoms with Gasteiger partial charge >= 0.3 is 0 Å². The van der Waals surface area contributed by atoms with E-state index in [0.29, 0.717) is 36.1 Å². The molecule has 4 aromatic carbocycles. The molecule has 0 aromatic heterocycles. The Morgan fingerprint density at radius 1 is 0.607 bits per heavy atom. The van der Waals surface area contributed by atoms with Crippen LogP contribution in [0.5, 0.6) is 5.75 Å². The van der Waals surface area contributed by atoms with Gasteiger partial charge in [-0.3, -0.25) is 19.2 Å². The van der Waals surface area contributed by atoms with E-state index in [2.05, 4.69) is 6.07 Å². The summed E-state index contributed by atoms with van der Waals surface area (Å²) in [6, 6.07) is 23.5. The van der Waals surface area contributed by atoms with Crippen LogP contribution >= 0.6 is 0 Å². The third kappa shape index (κ3) is 8.67. The summed E-state index contributed by atoms with van der Waals surface area (Å²) in [7, 11) is 7.86. The van der Waals surface area contributed by atoms with E-state index >= 15 is 0 Å². The average molecular weight is 835 g/mol. The number of nitriles is 2. The van der Waals surface area contributed by atoms with E-state index in [-0.39, 0.29) is 65.7 Å². The quantitative estimate of drug-likeness (QED) is 0.181. The van der Waals surface area contributed by atoms with Crippen LogP contribution in [0, 0.1) is 40.1 Å². The Labute approximate surface area is 354 Å². The van der Waals surface area contributed by atoms with E-state index in [1.54, 1.807) is 63.6 Å². The summed E-state index contributed by atoms with van der Waals surface area (Å²) in [4.78, 5) is 59.5. The van der Waals surface area contributed by atoms with Crippen molar-refractivity contribution < 1.29 is 37.1 Å². The molecule has 318 valence electrons. The first kappa shape index (κ1) is 45.4. The Morgan fingerprint density at radius 3 is 1.39 bits per heavy atom. The maximum Gasteiger partial charge on any atom is 0.249 e. The summed E-state index contributed by atoms with van der Waals surface area (Å²) in [5.41, 5.74) is 0.611. The predicted molar refractivity (Wildman–Crippen MR) is 221 cm³/mol. The number of halogens is 3. The number of amides is 4. The number of hydrogen-bond donors (Lipinski definition) is 0. The maximum atomic E-state index is 14.4. The number of ether oxygens (including phenoxy) is 1. The lowest BCUT2D eigenvalue weighted by Crippen LogP contribution is -2.70. The summed E-state index contributed by atoms with van der Waals surface area (Å²) >= 11 is 0. The van der Waals surface area contributed by atoms with Crippen molar-refractivity contribution >= 4 is 23.6 Å². The van der Waals surface area contributed by atoms with Crippen LogP contribution in [0.3, 0.4) is 0 Å². The molecule has 2 saturated heterocycles. The molecule has 4 atom stereocenters. The van der Waals surface area contributed by atoms with Crippen LogP contribution in [0.4, 0.5) is 13.2 Å². The molecule has 14 heteroatoms. The highest BCUT2D eigenvalue weighted by atomic mass is 19.1. The van der Waals surface area contributed by atoms with Gasteiger partial charge in [0.2, 0.25) is 23.6 Å². The summed E-state index contributed by atoms with van der Waals surface area (Å²) in [5, 5.41) is 18.8. The van der Waals surface area contributed by atoms with Gasteiger partial charge in [0, 0.05) is 65.0 Å². The van der Waals surface area contributed by atoms with Gasteiger partial charge in [-0.1, -0.05) is 50.2 Å². The number of hydrogen-bond acceptors (Lipinski definition) is 7. The number of methoxy groups -OCH3 is 1. The molecule has 2 aliphatic heterocycles. The molecule has 6 rings (SSSR count). The summed E-state index contributed by atoms with van der Waals surface area (Å²) in [5.74, 6) is -1.78. The fraction of sp³-hybridized carbons (Fsp3) is 0.362. The minimum atomic E-state index is -1.12. The van der Waals surface area contributed by atoms with E-state index < -0.39 is 29.0 Å². The zero-order valence-corrected chi connectivity index (χ0v) is 35.3. The minimum absolute atomic E-state index is 0.0860. The minimum Gasteiger partial charge on any atom is -0.496 e. The van der Waals surface area contributed by atoms with Crippen LogP contribution in [-0.4, -0.2) is 102 Å². The molecule has 11 nitrogen and oxygen atoms in total. The molecule has 4 unspecified atom stereocenters. The van der Waals surface area contributed by atoms with Crippen molar-refractivity contribution in [3.8, 4) is 17.9 Å². The van der Waals surface area contributed by atoms with Crippen molar-refractivity contribution in [2.24, 2.45) is 0 Å². The molecule has 4 amide bonds. The van der Waals surface area contributed by atoms with Gasteiger partial charge in [0.15, 0.2) is 0 Å². The second-order valence-corrected chi connectivity index (χ2v) is 15.4. The second-order valence-electron chi connectivity index (χ2n) is 15.4. The molecule has 2 heterocycles. The summed E-state index contributed by atoms with van der Waals surface area (Å²) in [6.45, 7) is 3.69. The smallest absolute Gasteiger partial charge is 0.249 e. The molecule has 0 N–H and O–H groups in total. The first-order valence-electron chi connectivity index (χ1n) is 19.9. The monoisotopic (exact) mass is 834 g/mol. The lowest BCUT2D eigenvalue weighted by atomic mass is 9.81. The van der Waals surface area contributed by atoms with Crippen molar-refractivity contribution in [2.75, 3.05) is 35.3 Å². The van der Waals surface area contributed by atoms with Crippen molar-refractivity contribution in [2.45, 2.75) is 75.5 Å². The Bertz CT molecular complexity index is 2380. The Balaban J connectivity index is 0.000000231. The molecule has 0 spiro atoms. The summed E-state index contributed by atoms with van der Waals surface area (Å²) in [6.07, 6.45) is 1.41. The average Bonchev–Trinajstić information content (AvgIpc) is 3.27. The van der Waals surface area contributed by atoms with Crippen LogP contribution in [0.1, 0.15) is 60.1 Å². The Morgan fingerprint density at radius 2 is 1.00 bits per heavy atom. The largest absolute Gasteiger partial charge is 0.496 e. The number of nitrogens with zero attached hydrogens (tertiary/aromatic N) is 6. The van der Waals surface area contributed by atoms with E-state index in [1.807, 2.05) is 19.9 Å². The highest BCUT2D eigenvalue weighted by Crippen LogP contribution is 2.36. The van der Waals surface area contributed by atoms with E-state index in [4.69, 9.17) is 4.74 Å². The van der Waals surface area contributed by atoms with Crippen molar-refractivity contribution in [1.29, 1.82) is 10.5 Å². The number of benzene rings is 4. The predicted octanol–water partition coefficient (Wildman–Crippen LogP) is 6.01. The second kappa shape index (κ2) is 18.7. The zero-order chi connectivity index (χ0) is 44.8. The normalized spacial score (nSPS) is 21.4. The van der Waals surface area contributed by atoms with E-state index in [9.17, 15) is 42.9 Å². The van der Waals surface area contributed by atoms with Crippen molar-refractivity contribution in [3.05, 3.63) is 136 Å². The fourth-order valence-corrected chi connectivity index (χ4v) is 8.50. The van der Waals surface area contributed by atoms with Crippen LogP contribution in [0.25, 0.3) is 0 Å². The lowest BCUT2D eigenvalue weighted by molar-refractivity contribution is -0.167. The first-order valence-corrected chi connectivity index (χ1v) is 19.9. The maximum absolute atomic E-state index is 14.4. The van der Waals surface area contributed by atoms with Gasteiger partial charge in [-0.25, -0.2) is 13.2 Å². The lowest BCUT2D eigenvalue weighted by Gasteiger charge is -2.50. The van der Waals surface area contributed by atoms with Crippen LogP contribution in [-0.2, 0) is 44.9 Å². The molecule has 2 aliphatic rings. The molecular formula is C47H49F3N6O5.